The Hall–Kier alpha value is -1.49. The molecular weight excluding hydrogens is 178 g/mol. The Bertz CT molecular complexity index is 315. The highest BCUT2D eigenvalue weighted by molar-refractivity contribution is 7.07. The minimum absolute atomic E-state index is 0.592. The topological polar surface area (TPSA) is 67.3 Å². The second kappa shape index (κ2) is 3.77. The van der Waals surface area contributed by atoms with Crippen molar-refractivity contribution in [3.8, 4) is 0 Å². The fraction of sp³-hybridized carbons (Fsp3) is 0. The van der Waals surface area contributed by atoms with Gasteiger partial charge >= 0.3 is 5.97 Å². The lowest BCUT2D eigenvalue weighted by Gasteiger charge is -1.82. The van der Waals surface area contributed by atoms with E-state index in [1.54, 1.807) is 10.9 Å². The number of carbonyl (C=O) groups is 2. The highest BCUT2D eigenvalue weighted by Gasteiger charge is 2.05. The van der Waals surface area contributed by atoms with Crippen LogP contribution in [0.2, 0.25) is 0 Å². The van der Waals surface area contributed by atoms with Crippen molar-refractivity contribution in [2.75, 3.05) is 0 Å². The molecule has 0 aromatic carbocycles. The highest BCUT2D eigenvalue weighted by atomic mass is 32.1. The van der Waals surface area contributed by atoms with Crippen LogP contribution >= 0.6 is 11.3 Å². The van der Waals surface area contributed by atoms with Crippen LogP contribution in [0.25, 0.3) is 6.08 Å². The Kier molecular flexibility index (Phi) is 2.71. The molecule has 0 spiro atoms. The van der Waals surface area contributed by atoms with Crippen LogP contribution in [-0.2, 0) is 9.59 Å². The van der Waals surface area contributed by atoms with Gasteiger partial charge in [0.15, 0.2) is 0 Å². The van der Waals surface area contributed by atoms with Gasteiger partial charge in [-0.2, -0.15) is 0 Å². The number of carboxylic acid groups (broad SMARTS) is 1. The summed E-state index contributed by atoms with van der Waals surface area (Å²) < 4.78 is 0. The normalized spacial score (nSPS) is 10.3. The number of aliphatic carboxylic acids is 1. The van der Waals surface area contributed by atoms with Gasteiger partial charge in [-0.3, -0.25) is 4.79 Å². The van der Waals surface area contributed by atoms with Crippen molar-refractivity contribution in [1.29, 1.82) is 0 Å². The average molecular weight is 183 g/mol. The van der Waals surface area contributed by atoms with E-state index in [1.807, 2.05) is 0 Å². The van der Waals surface area contributed by atoms with E-state index in [-0.39, 0.29) is 0 Å². The molecule has 0 bridgehead atoms. The molecule has 12 heavy (non-hydrogen) atoms. The molecule has 0 aliphatic rings. The van der Waals surface area contributed by atoms with Crippen LogP contribution in [0.3, 0.4) is 0 Å². The largest absolute Gasteiger partial charge is 0.475 e. The highest BCUT2D eigenvalue weighted by Crippen LogP contribution is 2.02. The average Bonchev–Trinajstić information content (AvgIpc) is 2.51. The lowest BCUT2D eigenvalue weighted by molar-refractivity contribution is -0.146. The molecule has 62 valence electrons. The predicted octanol–water partition coefficient (Wildman–Crippen LogP) is 0.810. The van der Waals surface area contributed by atoms with Crippen molar-refractivity contribution in [1.82, 2.24) is 4.98 Å². The molecular formula is C7H5NO3S. The third-order valence-corrected chi connectivity index (χ3v) is 1.67. The molecule has 0 radical (unpaired) electrons. The first kappa shape index (κ1) is 8.61. The molecule has 1 rings (SSSR count). The Morgan fingerprint density at radius 1 is 1.58 bits per heavy atom. The van der Waals surface area contributed by atoms with Gasteiger partial charge < -0.3 is 5.11 Å². The predicted molar refractivity (Wildman–Crippen MR) is 43.8 cm³/mol. The minimum Gasteiger partial charge on any atom is -0.475 e. The van der Waals surface area contributed by atoms with Gasteiger partial charge in [-0.05, 0) is 12.2 Å². The number of carbonyl (C=O) groups excluding carboxylic acids is 1. The van der Waals surface area contributed by atoms with Crippen LogP contribution in [0.4, 0.5) is 0 Å². The fourth-order valence-corrected chi connectivity index (χ4v) is 1.06. The van der Waals surface area contributed by atoms with Gasteiger partial charge in [-0.1, -0.05) is 0 Å². The molecule has 0 atom stereocenters. The van der Waals surface area contributed by atoms with Crippen LogP contribution in [0.1, 0.15) is 5.69 Å². The summed E-state index contributed by atoms with van der Waals surface area (Å²) in [4.78, 5) is 24.4. The number of aromatic nitrogens is 1. The van der Waals surface area contributed by atoms with Crippen molar-refractivity contribution >= 4 is 29.2 Å². The molecule has 0 saturated heterocycles. The Labute approximate surface area is 72.2 Å². The number of rotatable bonds is 3. The quantitative estimate of drug-likeness (QED) is 0.556. The number of hydrogen-bond acceptors (Lipinski definition) is 4. The standard InChI is InChI=1S/C7H5NO3S/c9-6(7(10)11)2-1-5-3-12-4-8-5/h1-4H,(H,10,11)/b2-1+. The summed E-state index contributed by atoms with van der Waals surface area (Å²) in [5.41, 5.74) is 2.19. The zero-order valence-corrected chi connectivity index (χ0v) is 6.75. The summed E-state index contributed by atoms with van der Waals surface area (Å²) in [6.45, 7) is 0. The number of thiazole rings is 1. The lowest BCUT2D eigenvalue weighted by Crippen LogP contribution is -2.08. The zero-order valence-electron chi connectivity index (χ0n) is 5.93. The van der Waals surface area contributed by atoms with E-state index in [0.717, 1.165) is 6.08 Å². The van der Waals surface area contributed by atoms with E-state index < -0.39 is 11.8 Å². The van der Waals surface area contributed by atoms with Crippen molar-refractivity contribution < 1.29 is 14.7 Å². The molecule has 5 heteroatoms. The van der Waals surface area contributed by atoms with Crippen LogP contribution in [0, 0.1) is 0 Å². The molecule has 0 amide bonds. The number of ketones is 1. The van der Waals surface area contributed by atoms with E-state index in [1.165, 1.54) is 17.4 Å². The zero-order chi connectivity index (χ0) is 8.97. The van der Waals surface area contributed by atoms with Gasteiger partial charge in [-0.25, -0.2) is 9.78 Å². The number of carboxylic acids is 1. The minimum atomic E-state index is -1.46. The maximum Gasteiger partial charge on any atom is 0.376 e. The monoisotopic (exact) mass is 183 g/mol. The molecule has 4 nitrogen and oxygen atoms in total. The molecule has 0 saturated carbocycles. The second-order valence-corrected chi connectivity index (χ2v) is 2.63. The second-order valence-electron chi connectivity index (χ2n) is 1.92. The Morgan fingerprint density at radius 2 is 2.33 bits per heavy atom. The Balaban J connectivity index is 2.63. The van der Waals surface area contributed by atoms with E-state index >= 15 is 0 Å². The van der Waals surface area contributed by atoms with Crippen molar-refractivity contribution in [2.24, 2.45) is 0 Å². The van der Waals surface area contributed by atoms with Crippen LogP contribution < -0.4 is 0 Å². The maximum absolute atomic E-state index is 10.5. The van der Waals surface area contributed by atoms with Crippen molar-refractivity contribution in [2.45, 2.75) is 0 Å². The van der Waals surface area contributed by atoms with Gasteiger partial charge in [0.05, 0.1) is 11.2 Å². The molecule has 0 unspecified atom stereocenters. The molecule has 0 aliphatic heterocycles. The third kappa shape index (κ3) is 2.28. The first-order chi connectivity index (χ1) is 5.70. The number of hydrogen-bond donors (Lipinski definition) is 1. The van der Waals surface area contributed by atoms with Crippen molar-refractivity contribution in [3.63, 3.8) is 0 Å². The Morgan fingerprint density at radius 3 is 2.83 bits per heavy atom. The SMILES string of the molecule is O=C(O)C(=O)/C=C/c1cscn1. The first-order valence-electron chi connectivity index (χ1n) is 3.03. The fourth-order valence-electron chi connectivity index (χ4n) is 0.537. The summed E-state index contributed by atoms with van der Waals surface area (Å²) in [7, 11) is 0. The summed E-state index contributed by atoms with van der Waals surface area (Å²) in [5, 5.41) is 9.91. The number of nitrogens with zero attached hydrogens (tertiary/aromatic N) is 1. The van der Waals surface area contributed by atoms with E-state index in [2.05, 4.69) is 4.98 Å². The maximum atomic E-state index is 10.5. The van der Waals surface area contributed by atoms with Gasteiger partial charge in [0.25, 0.3) is 5.78 Å². The summed E-state index contributed by atoms with van der Waals surface area (Å²) in [5.74, 6) is -2.40. The molecule has 1 aromatic rings. The van der Waals surface area contributed by atoms with E-state index in [9.17, 15) is 9.59 Å². The van der Waals surface area contributed by atoms with E-state index in [0.29, 0.717) is 5.69 Å². The van der Waals surface area contributed by atoms with Crippen molar-refractivity contribution in [3.05, 3.63) is 22.7 Å². The molecule has 0 aliphatic carbocycles. The van der Waals surface area contributed by atoms with Crippen LogP contribution in [0.5, 0.6) is 0 Å². The summed E-state index contributed by atoms with van der Waals surface area (Å²) in [6, 6.07) is 0. The van der Waals surface area contributed by atoms with Gasteiger partial charge in [0.2, 0.25) is 0 Å². The van der Waals surface area contributed by atoms with Gasteiger partial charge in [0, 0.05) is 5.38 Å². The van der Waals surface area contributed by atoms with Gasteiger partial charge in [0.1, 0.15) is 0 Å². The first-order valence-corrected chi connectivity index (χ1v) is 3.98. The molecule has 1 heterocycles. The molecule has 1 N–H and O–H groups in total. The smallest absolute Gasteiger partial charge is 0.376 e. The van der Waals surface area contributed by atoms with Crippen LogP contribution in [-0.4, -0.2) is 21.8 Å². The van der Waals surface area contributed by atoms with Gasteiger partial charge in [-0.15, -0.1) is 11.3 Å². The van der Waals surface area contributed by atoms with E-state index in [4.69, 9.17) is 5.11 Å². The lowest BCUT2D eigenvalue weighted by atomic mass is 10.3. The molecule has 1 aromatic heterocycles. The molecule has 0 fully saturated rings. The summed E-state index contributed by atoms with van der Waals surface area (Å²) in [6.07, 6.45) is 2.35. The summed E-state index contributed by atoms with van der Waals surface area (Å²) >= 11 is 1.38. The van der Waals surface area contributed by atoms with Crippen LogP contribution in [0.15, 0.2) is 17.0 Å². The third-order valence-electron chi connectivity index (χ3n) is 1.07.